The average Bonchev–Trinajstić information content (AvgIpc) is 3.49. The normalized spacial score (nSPS) is 10.7. The number of nitrogens with zero attached hydrogens (tertiary/aromatic N) is 2. The largest absolute Gasteiger partial charge is 0.496 e. The van der Waals surface area contributed by atoms with Gasteiger partial charge in [-0.3, -0.25) is 4.79 Å². The molecule has 0 spiro atoms. The minimum Gasteiger partial charge on any atom is -0.496 e. The first-order valence-electron chi connectivity index (χ1n) is 10.2. The van der Waals surface area contributed by atoms with E-state index in [0.29, 0.717) is 31.0 Å². The van der Waals surface area contributed by atoms with Gasteiger partial charge in [-0.1, -0.05) is 30.3 Å². The lowest BCUT2D eigenvalue weighted by Gasteiger charge is -2.23. The van der Waals surface area contributed by atoms with Crippen LogP contribution in [-0.4, -0.2) is 22.9 Å². The second-order valence-corrected chi connectivity index (χ2v) is 9.32. The predicted octanol–water partition coefficient (Wildman–Crippen LogP) is 5.94. The zero-order valence-electron chi connectivity index (χ0n) is 18.0. The molecule has 32 heavy (non-hydrogen) atoms. The molecule has 0 atom stereocenters. The van der Waals surface area contributed by atoms with Crippen molar-refractivity contribution < 1.29 is 14.3 Å². The fourth-order valence-corrected chi connectivity index (χ4v) is 4.68. The summed E-state index contributed by atoms with van der Waals surface area (Å²) in [6.45, 7) is 3.32. The molecule has 0 aliphatic heterocycles. The molecule has 2 heterocycles. The summed E-state index contributed by atoms with van der Waals surface area (Å²) in [5.74, 6) is 1.36. The van der Waals surface area contributed by atoms with Gasteiger partial charge in [0.05, 0.1) is 30.9 Å². The molecular formula is C25H24N2O3S2. The number of rotatable bonds is 9. The van der Waals surface area contributed by atoms with Crippen LogP contribution >= 0.6 is 22.7 Å². The van der Waals surface area contributed by atoms with E-state index in [-0.39, 0.29) is 5.91 Å². The summed E-state index contributed by atoms with van der Waals surface area (Å²) < 4.78 is 11.4. The van der Waals surface area contributed by atoms with Gasteiger partial charge < -0.3 is 14.4 Å². The molecule has 2 aromatic heterocycles. The molecular weight excluding hydrogens is 440 g/mol. The maximum absolute atomic E-state index is 13.5. The highest BCUT2D eigenvalue weighted by molar-refractivity contribution is 7.10. The van der Waals surface area contributed by atoms with E-state index in [2.05, 4.69) is 4.98 Å². The third-order valence-electron chi connectivity index (χ3n) is 4.90. The smallest absolute Gasteiger partial charge is 0.254 e. The van der Waals surface area contributed by atoms with Gasteiger partial charge in [0, 0.05) is 21.4 Å². The van der Waals surface area contributed by atoms with E-state index < -0.39 is 0 Å². The Hall–Kier alpha value is -3.16. The number of ether oxygens (including phenoxy) is 2. The summed E-state index contributed by atoms with van der Waals surface area (Å²) in [6.07, 6.45) is 0. The minimum absolute atomic E-state index is 0.0562. The summed E-state index contributed by atoms with van der Waals surface area (Å²) in [6, 6.07) is 19.2. The first kappa shape index (κ1) is 22.0. The van der Waals surface area contributed by atoms with Crippen LogP contribution in [-0.2, 0) is 19.7 Å². The molecule has 1 amide bonds. The number of aromatic nitrogens is 1. The van der Waals surface area contributed by atoms with Crippen molar-refractivity contribution in [3.05, 3.63) is 98.1 Å². The third-order valence-corrected chi connectivity index (χ3v) is 6.59. The molecule has 0 radical (unpaired) electrons. The van der Waals surface area contributed by atoms with E-state index >= 15 is 0 Å². The molecule has 2 aromatic carbocycles. The first-order chi connectivity index (χ1) is 15.6. The summed E-state index contributed by atoms with van der Waals surface area (Å²) >= 11 is 3.24. The maximum Gasteiger partial charge on any atom is 0.254 e. The van der Waals surface area contributed by atoms with Crippen LogP contribution in [0.15, 0.2) is 71.4 Å². The van der Waals surface area contributed by atoms with Crippen LogP contribution in [0.1, 0.15) is 31.5 Å². The number of benzene rings is 2. The van der Waals surface area contributed by atoms with Gasteiger partial charge in [0.2, 0.25) is 0 Å². The fraction of sp³-hybridized carbons (Fsp3) is 0.200. The molecule has 0 aliphatic rings. The van der Waals surface area contributed by atoms with E-state index in [1.165, 1.54) is 0 Å². The van der Waals surface area contributed by atoms with Crippen molar-refractivity contribution in [2.45, 2.75) is 26.6 Å². The van der Waals surface area contributed by atoms with Gasteiger partial charge in [-0.05, 0) is 42.6 Å². The highest BCUT2D eigenvalue weighted by atomic mass is 32.1. The highest BCUT2D eigenvalue weighted by Crippen LogP contribution is 2.24. The molecule has 0 saturated heterocycles. The molecule has 164 valence electrons. The molecule has 0 aliphatic carbocycles. The number of carbonyl (C=O) groups is 1. The predicted molar refractivity (Wildman–Crippen MR) is 129 cm³/mol. The summed E-state index contributed by atoms with van der Waals surface area (Å²) in [7, 11) is 1.65. The lowest BCUT2D eigenvalue weighted by molar-refractivity contribution is 0.0730. The van der Waals surface area contributed by atoms with Crippen molar-refractivity contribution in [2.75, 3.05) is 7.11 Å². The van der Waals surface area contributed by atoms with Crippen molar-refractivity contribution in [1.82, 2.24) is 9.88 Å². The fourth-order valence-electron chi connectivity index (χ4n) is 3.36. The Bertz CT molecular complexity index is 1170. The lowest BCUT2D eigenvalue weighted by Crippen LogP contribution is -2.30. The van der Waals surface area contributed by atoms with Crippen molar-refractivity contribution in [2.24, 2.45) is 0 Å². The van der Waals surface area contributed by atoms with Crippen LogP contribution in [0.3, 0.4) is 0 Å². The van der Waals surface area contributed by atoms with Crippen molar-refractivity contribution in [3.63, 3.8) is 0 Å². The summed E-state index contributed by atoms with van der Waals surface area (Å²) in [5.41, 5.74) is 2.44. The number of aryl methyl sites for hydroxylation is 1. The standard InChI is InChI=1S/C25H24N2O3S2/c1-18-26-21(17-32-18)16-30-22-9-5-8-19(13-22)25(28)27(15-23-10-6-12-31-23)14-20-7-3-4-11-24(20)29-2/h3-13,17H,14-16H2,1-2H3. The van der Waals surface area contributed by atoms with Crippen LogP contribution < -0.4 is 9.47 Å². The van der Waals surface area contributed by atoms with Crippen molar-refractivity contribution in [1.29, 1.82) is 0 Å². The van der Waals surface area contributed by atoms with E-state index in [0.717, 1.165) is 26.9 Å². The Morgan fingerprint density at radius 2 is 1.91 bits per heavy atom. The van der Waals surface area contributed by atoms with Crippen LogP contribution in [0, 0.1) is 6.92 Å². The zero-order chi connectivity index (χ0) is 22.3. The van der Waals surface area contributed by atoms with Crippen molar-refractivity contribution >= 4 is 28.6 Å². The third kappa shape index (κ3) is 5.55. The molecule has 0 saturated carbocycles. The van der Waals surface area contributed by atoms with Gasteiger partial charge in [-0.15, -0.1) is 22.7 Å². The monoisotopic (exact) mass is 464 g/mol. The van der Waals surface area contributed by atoms with Gasteiger partial charge >= 0.3 is 0 Å². The number of amides is 1. The average molecular weight is 465 g/mol. The molecule has 0 fully saturated rings. The molecule has 0 unspecified atom stereocenters. The Morgan fingerprint density at radius 3 is 2.66 bits per heavy atom. The van der Waals surface area contributed by atoms with Crippen LogP contribution in [0.4, 0.5) is 0 Å². The molecule has 7 heteroatoms. The quantitative estimate of drug-likeness (QED) is 0.307. The Morgan fingerprint density at radius 1 is 1.03 bits per heavy atom. The zero-order valence-corrected chi connectivity index (χ0v) is 19.6. The van der Waals surface area contributed by atoms with E-state index in [9.17, 15) is 4.79 Å². The van der Waals surface area contributed by atoms with Gasteiger partial charge in [-0.25, -0.2) is 4.98 Å². The molecule has 0 bridgehead atoms. The molecule has 5 nitrogen and oxygen atoms in total. The summed E-state index contributed by atoms with van der Waals surface area (Å²) in [4.78, 5) is 20.9. The number of hydrogen-bond acceptors (Lipinski definition) is 6. The molecule has 4 rings (SSSR count). The second kappa shape index (κ2) is 10.4. The van der Waals surface area contributed by atoms with E-state index in [4.69, 9.17) is 9.47 Å². The Balaban J connectivity index is 1.54. The van der Waals surface area contributed by atoms with E-state index in [1.807, 2.05) is 77.2 Å². The van der Waals surface area contributed by atoms with Crippen molar-refractivity contribution in [3.8, 4) is 11.5 Å². The lowest BCUT2D eigenvalue weighted by atomic mass is 10.1. The number of thiazole rings is 1. The first-order valence-corrected chi connectivity index (χ1v) is 12.0. The van der Waals surface area contributed by atoms with Gasteiger partial charge in [0.15, 0.2) is 0 Å². The number of methoxy groups -OCH3 is 1. The Kier molecular flexibility index (Phi) is 7.19. The number of para-hydroxylation sites is 1. The molecule has 0 N–H and O–H groups in total. The number of thiophene rings is 1. The van der Waals surface area contributed by atoms with Gasteiger partial charge in [-0.2, -0.15) is 0 Å². The number of hydrogen-bond donors (Lipinski definition) is 0. The SMILES string of the molecule is COc1ccccc1CN(Cc1cccs1)C(=O)c1cccc(OCc2csc(C)n2)c1. The summed E-state index contributed by atoms with van der Waals surface area (Å²) in [5, 5.41) is 5.02. The highest BCUT2D eigenvalue weighted by Gasteiger charge is 2.19. The van der Waals surface area contributed by atoms with Gasteiger partial charge in [0.25, 0.3) is 5.91 Å². The van der Waals surface area contributed by atoms with Crippen LogP contribution in [0.2, 0.25) is 0 Å². The van der Waals surface area contributed by atoms with Crippen LogP contribution in [0.5, 0.6) is 11.5 Å². The second-order valence-electron chi connectivity index (χ2n) is 7.23. The Labute approximate surface area is 195 Å². The minimum atomic E-state index is -0.0562. The number of carbonyl (C=O) groups excluding carboxylic acids is 1. The topological polar surface area (TPSA) is 51.7 Å². The van der Waals surface area contributed by atoms with Gasteiger partial charge in [0.1, 0.15) is 18.1 Å². The maximum atomic E-state index is 13.5. The van der Waals surface area contributed by atoms with E-state index in [1.54, 1.807) is 35.8 Å². The van der Waals surface area contributed by atoms with Crippen LogP contribution in [0.25, 0.3) is 0 Å². The molecule has 4 aromatic rings.